The maximum Gasteiger partial charge on any atom is 0.0598 e. The standard InChI is InChI=1S/C7H14O/c1-6-7(2,3)4-5-8-6/h6H,4-5H2,1-3H3. The van der Waals surface area contributed by atoms with E-state index in [4.69, 9.17) is 4.74 Å². The summed E-state index contributed by atoms with van der Waals surface area (Å²) in [5, 5.41) is 0. The lowest BCUT2D eigenvalue weighted by molar-refractivity contribution is 0.0798. The van der Waals surface area contributed by atoms with Gasteiger partial charge in [0.1, 0.15) is 0 Å². The summed E-state index contributed by atoms with van der Waals surface area (Å²) in [6.07, 6.45) is 1.68. The van der Waals surface area contributed by atoms with Gasteiger partial charge in [0, 0.05) is 6.61 Å². The van der Waals surface area contributed by atoms with Gasteiger partial charge in [0.15, 0.2) is 0 Å². The van der Waals surface area contributed by atoms with Crippen molar-refractivity contribution in [3.05, 3.63) is 0 Å². The van der Waals surface area contributed by atoms with Gasteiger partial charge >= 0.3 is 0 Å². The first-order chi connectivity index (χ1) is 3.63. The summed E-state index contributed by atoms with van der Waals surface area (Å²) in [5.41, 5.74) is 0.431. The smallest absolute Gasteiger partial charge is 0.0598 e. The highest BCUT2D eigenvalue weighted by molar-refractivity contribution is 4.80. The largest absolute Gasteiger partial charge is 0.378 e. The second-order valence-corrected chi connectivity index (χ2v) is 3.25. The van der Waals surface area contributed by atoms with Crippen LogP contribution in [0.5, 0.6) is 0 Å². The average Bonchev–Trinajstić information content (AvgIpc) is 1.86. The quantitative estimate of drug-likeness (QED) is 0.466. The van der Waals surface area contributed by atoms with Gasteiger partial charge in [-0.05, 0) is 18.8 Å². The topological polar surface area (TPSA) is 9.23 Å². The van der Waals surface area contributed by atoms with E-state index in [1.165, 1.54) is 6.42 Å². The second-order valence-electron chi connectivity index (χ2n) is 3.25. The highest BCUT2D eigenvalue weighted by Gasteiger charge is 2.31. The monoisotopic (exact) mass is 114 g/mol. The first-order valence-electron chi connectivity index (χ1n) is 3.24. The fourth-order valence-electron chi connectivity index (χ4n) is 0.928. The van der Waals surface area contributed by atoms with Gasteiger partial charge < -0.3 is 4.74 Å². The summed E-state index contributed by atoms with van der Waals surface area (Å²) < 4.78 is 5.37. The van der Waals surface area contributed by atoms with Crippen LogP contribution in [0.2, 0.25) is 0 Å². The van der Waals surface area contributed by atoms with Crippen molar-refractivity contribution in [3.63, 3.8) is 0 Å². The molecule has 0 bridgehead atoms. The van der Waals surface area contributed by atoms with E-state index in [0.29, 0.717) is 11.5 Å². The molecule has 0 aliphatic carbocycles. The molecule has 1 rings (SSSR count). The van der Waals surface area contributed by atoms with E-state index < -0.39 is 0 Å². The fourth-order valence-corrected chi connectivity index (χ4v) is 0.928. The molecule has 1 saturated heterocycles. The molecule has 1 unspecified atom stereocenters. The Hall–Kier alpha value is -0.0400. The van der Waals surface area contributed by atoms with Crippen LogP contribution in [0.1, 0.15) is 27.2 Å². The van der Waals surface area contributed by atoms with Gasteiger partial charge in [0.2, 0.25) is 0 Å². The van der Waals surface area contributed by atoms with Gasteiger partial charge in [0.25, 0.3) is 0 Å². The summed E-state index contributed by atoms with van der Waals surface area (Å²) >= 11 is 0. The molecule has 0 N–H and O–H groups in total. The van der Waals surface area contributed by atoms with Crippen LogP contribution >= 0.6 is 0 Å². The highest BCUT2D eigenvalue weighted by Crippen LogP contribution is 2.32. The predicted molar refractivity (Wildman–Crippen MR) is 33.8 cm³/mol. The Kier molecular flexibility index (Phi) is 1.31. The third kappa shape index (κ3) is 0.873. The number of hydrogen-bond donors (Lipinski definition) is 0. The Morgan fingerprint density at radius 1 is 1.50 bits per heavy atom. The Morgan fingerprint density at radius 2 is 2.12 bits per heavy atom. The molecule has 1 heterocycles. The molecule has 0 amide bonds. The Morgan fingerprint density at radius 3 is 2.25 bits per heavy atom. The minimum Gasteiger partial charge on any atom is -0.378 e. The summed E-state index contributed by atoms with van der Waals surface area (Å²) in [4.78, 5) is 0. The van der Waals surface area contributed by atoms with E-state index in [2.05, 4.69) is 20.8 Å². The maximum atomic E-state index is 5.37. The van der Waals surface area contributed by atoms with Crippen LogP contribution in [0, 0.1) is 5.41 Å². The van der Waals surface area contributed by atoms with Crippen molar-refractivity contribution < 1.29 is 4.74 Å². The third-order valence-corrected chi connectivity index (χ3v) is 2.21. The number of ether oxygens (including phenoxy) is 1. The molecule has 0 aromatic heterocycles. The first-order valence-corrected chi connectivity index (χ1v) is 3.24. The molecule has 8 heavy (non-hydrogen) atoms. The second kappa shape index (κ2) is 1.73. The normalized spacial score (nSPS) is 35.6. The molecule has 1 fully saturated rings. The first kappa shape index (κ1) is 6.09. The van der Waals surface area contributed by atoms with Crippen LogP contribution in [0.15, 0.2) is 0 Å². The third-order valence-electron chi connectivity index (χ3n) is 2.21. The van der Waals surface area contributed by atoms with Gasteiger partial charge in [-0.15, -0.1) is 0 Å². The molecule has 0 aromatic carbocycles. The zero-order valence-electron chi connectivity index (χ0n) is 5.90. The van der Waals surface area contributed by atoms with Gasteiger partial charge in [-0.3, -0.25) is 0 Å². The molecular formula is C7H14O. The number of hydrogen-bond acceptors (Lipinski definition) is 1. The highest BCUT2D eigenvalue weighted by atomic mass is 16.5. The van der Waals surface area contributed by atoms with Crippen LogP contribution in [0.4, 0.5) is 0 Å². The molecule has 1 aliphatic heterocycles. The summed E-state index contributed by atoms with van der Waals surface area (Å²) in [6, 6.07) is 0. The van der Waals surface area contributed by atoms with E-state index in [-0.39, 0.29) is 0 Å². The minimum absolute atomic E-state index is 0.431. The summed E-state index contributed by atoms with van der Waals surface area (Å²) in [7, 11) is 0. The Bertz CT molecular complexity index is 86.4. The fraction of sp³-hybridized carbons (Fsp3) is 1.00. The van der Waals surface area contributed by atoms with Crippen molar-refractivity contribution in [2.24, 2.45) is 5.41 Å². The van der Waals surface area contributed by atoms with Crippen LogP contribution in [-0.2, 0) is 4.74 Å². The van der Waals surface area contributed by atoms with Gasteiger partial charge in [0.05, 0.1) is 6.10 Å². The van der Waals surface area contributed by atoms with Gasteiger partial charge in [-0.2, -0.15) is 0 Å². The molecule has 0 radical (unpaired) electrons. The lowest BCUT2D eigenvalue weighted by Gasteiger charge is -2.20. The van der Waals surface area contributed by atoms with Crippen LogP contribution in [0.25, 0.3) is 0 Å². The average molecular weight is 114 g/mol. The molecule has 1 heteroatoms. The van der Waals surface area contributed by atoms with Crippen LogP contribution < -0.4 is 0 Å². The maximum absolute atomic E-state index is 5.37. The Labute approximate surface area is 51.0 Å². The van der Waals surface area contributed by atoms with E-state index in [0.717, 1.165) is 6.61 Å². The summed E-state index contributed by atoms with van der Waals surface area (Å²) in [5.74, 6) is 0. The molecule has 0 spiro atoms. The van der Waals surface area contributed by atoms with E-state index in [9.17, 15) is 0 Å². The summed E-state index contributed by atoms with van der Waals surface area (Å²) in [6.45, 7) is 7.61. The Balaban J connectivity index is 2.54. The molecule has 1 aliphatic rings. The van der Waals surface area contributed by atoms with Crippen LogP contribution in [0.3, 0.4) is 0 Å². The van der Waals surface area contributed by atoms with E-state index in [1.807, 2.05) is 0 Å². The lowest BCUT2D eigenvalue weighted by Crippen LogP contribution is -2.19. The molecule has 1 nitrogen and oxygen atoms in total. The zero-order valence-corrected chi connectivity index (χ0v) is 5.90. The predicted octanol–water partition coefficient (Wildman–Crippen LogP) is 1.82. The van der Waals surface area contributed by atoms with Crippen molar-refractivity contribution >= 4 is 0 Å². The van der Waals surface area contributed by atoms with E-state index in [1.54, 1.807) is 0 Å². The van der Waals surface area contributed by atoms with Crippen LogP contribution in [-0.4, -0.2) is 12.7 Å². The molecule has 48 valence electrons. The molecule has 1 atom stereocenters. The molecule has 0 aromatic rings. The van der Waals surface area contributed by atoms with E-state index >= 15 is 0 Å². The zero-order chi connectivity index (χ0) is 6.20. The van der Waals surface area contributed by atoms with Crippen molar-refractivity contribution in [2.75, 3.05) is 6.61 Å². The lowest BCUT2D eigenvalue weighted by atomic mass is 9.87. The molecule has 0 saturated carbocycles. The number of rotatable bonds is 0. The van der Waals surface area contributed by atoms with Crippen molar-refractivity contribution in [1.29, 1.82) is 0 Å². The van der Waals surface area contributed by atoms with Crippen molar-refractivity contribution in [2.45, 2.75) is 33.3 Å². The van der Waals surface area contributed by atoms with Gasteiger partial charge in [-0.25, -0.2) is 0 Å². The SMILES string of the molecule is CC1OCCC1(C)C. The minimum atomic E-state index is 0.431. The van der Waals surface area contributed by atoms with Crippen molar-refractivity contribution in [1.82, 2.24) is 0 Å². The van der Waals surface area contributed by atoms with Gasteiger partial charge in [-0.1, -0.05) is 13.8 Å². The van der Waals surface area contributed by atoms with Crippen molar-refractivity contribution in [3.8, 4) is 0 Å². The molecular weight excluding hydrogens is 100 g/mol.